The van der Waals surface area contributed by atoms with Gasteiger partial charge in [-0.1, -0.05) is 6.42 Å². The van der Waals surface area contributed by atoms with E-state index in [-0.39, 0.29) is 5.95 Å². The molecular formula is C26H32N10S. The van der Waals surface area contributed by atoms with Crippen LogP contribution >= 0.6 is 11.3 Å². The first-order chi connectivity index (χ1) is 18.0. The third-order valence-corrected chi connectivity index (χ3v) is 9.38. The zero-order valence-electron chi connectivity index (χ0n) is 21.3. The summed E-state index contributed by atoms with van der Waals surface area (Å²) in [5.74, 6) is 4.26. The predicted molar refractivity (Wildman–Crippen MR) is 147 cm³/mol. The molecule has 1 aliphatic heterocycles. The number of rotatable bonds is 5. The van der Waals surface area contributed by atoms with Crippen molar-refractivity contribution in [1.82, 2.24) is 34.8 Å². The van der Waals surface area contributed by atoms with Gasteiger partial charge in [0.15, 0.2) is 5.82 Å². The molecule has 3 atom stereocenters. The third kappa shape index (κ3) is 4.00. The molecule has 1 saturated heterocycles. The van der Waals surface area contributed by atoms with Crippen LogP contribution < -0.4 is 16.0 Å². The van der Waals surface area contributed by atoms with Crippen molar-refractivity contribution in [3.05, 3.63) is 35.0 Å². The highest BCUT2D eigenvalue weighted by Crippen LogP contribution is 2.46. The fourth-order valence-corrected chi connectivity index (χ4v) is 7.62. The molecule has 0 spiro atoms. The zero-order chi connectivity index (χ0) is 25.1. The summed E-state index contributed by atoms with van der Waals surface area (Å²) in [5, 5.41) is 19.5. The number of nitrogens with one attached hydrogen (secondary N) is 1. The maximum Gasteiger partial charge on any atom is 0.241 e. The van der Waals surface area contributed by atoms with Crippen molar-refractivity contribution in [1.29, 1.82) is 0 Å². The molecule has 2 saturated carbocycles. The molecule has 4 aromatic rings. The van der Waals surface area contributed by atoms with Crippen molar-refractivity contribution in [3.8, 4) is 5.82 Å². The van der Waals surface area contributed by atoms with E-state index in [4.69, 9.17) is 10.7 Å². The number of anilines is 4. The topological polar surface area (TPSA) is 114 Å². The number of nitrogens with two attached hydrogens (primary N) is 1. The molecule has 0 radical (unpaired) electrons. The summed E-state index contributed by atoms with van der Waals surface area (Å²) in [4.78, 5) is 14.4. The van der Waals surface area contributed by atoms with E-state index in [9.17, 15) is 0 Å². The summed E-state index contributed by atoms with van der Waals surface area (Å²) >= 11 is 1.60. The molecule has 0 amide bonds. The van der Waals surface area contributed by atoms with Crippen LogP contribution in [0.2, 0.25) is 0 Å². The van der Waals surface area contributed by atoms with Gasteiger partial charge in [0.2, 0.25) is 11.9 Å². The van der Waals surface area contributed by atoms with Crippen LogP contribution in [-0.4, -0.2) is 67.1 Å². The van der Waals surface area contributed by atoms with Crippen LogP contribution in [0.5, 0.6) is 0 Å². The fraction of sp³-hybridized carbons (Fsp3) is 0.500. The summed E-state index contributed by atoms with van der Waals surface area (Å²) < 4.78 is 2.62. The number of nitrogen functional groups attached to an aromatic ring is 1. The molecule has 3 aliphatic rings. The van der Waals surface area contributed by atoms with Gasteiger partial charge < -0.3 is 16.0 Å². The fourth-order valence-electron chi connectivity index (χ4n) is 6.70. The highest BCUT2D eigenvalue weighted by atomic mass is 32.1. The number of aryl methyl sites for hydroxylation is 2. The van der Waals surface area contributed by atoms with Crippen molar-refractivity contribution in [3.63, 3.8) is 0 Å². The molecule has 37 heavy (non-hydrogen) atoms. The van der Waals surface area contributed by atoms with E-state index in [0.29, 0.717) is 11.8 Å². The monoisotopic (exact) mass is 516 g/mol. The van der Waals surface area contributed by atoms with Crippen molar-refractivity contribution >= 4 is 44.8 Å². The second kappa shape index (κ2) is 8.91. The number of pyridine rings is 1. The SMILES string of the molecule is Cc1cc(Nc2nc(N)nn2-c2nnc(C)c3ccsc23)cnc1N1CCN([C@H]2C[C@@H]3CC[C@H]2C3)CC1. The minimum Gasteiger partial charge on any atom is -0.366 e. The normalized spacial score (nSPS) is 23.8. The van der Waals surface area contributed by atoms with Crippen molar-refractivity contribution in [2.75, 3.05) is 42.1 Å². The third-order valence-electron chi connectivity index (χ3n) is 8.47. The first-order valence-electron chi connectivity index (χ1n) is 13.2. The average Bonchev–Trinajstić information content (AvgIpc) is 3.70. The Bertz CT molecular complexity index is 1450. The molecule has 0 unspecified atom stereocenters. The first-order valence-corrected chi connectivity index (χ1v) is 14.1. The minimum absolute atomic E-state index is 0.171. The van der Waals surface area contributed by atoms with Crippen LogP contribution in [0.1, 0.15) is 36.9 Å². The molecule has 0 aromatic carbocycles. The maximum atomic E-state index is 5.99. The molecule has 3 fully saturated rings. The van der Waals surface area contributed by atoms with E-state index in [1.54, 1.807) is 16.0 Å². The number of piperazine rings is 1. The van der Waals surface area contributed by atoms with Crippen molar-refractivity contribution in [2.45, 2.75) is 45.6 Å². The van der Waals surface area contributed by atoms with E-state index >= 15 is 0 Å². The van der Waals surface area contributed by atoms with Crippen molar-refractivity contribution < 1.29 is 0 Å². The molecule has 7 rings (SSSR count). The van der Waals surface area contributed by atoms with Gasteiger partial charge in [-0.15, -0.1) is 21.5 Å². The summed E-state index contributed by atoms with van der Waals surface area (Å²) in [7, 11) is 0. The Morgan fingerprint density at radius 1 is 1.05 bits per heavy atom. The molecular weight excluding hydrogens is 484 g/mol. The lowest BCUT2D eigenvalue weighted by atomic mass is 9.93. The second-order valence-electron chi connectivity index (χ2n) is 10.7. The van der Waals surface area contributed by atoms with E-state index in [1.165, 1.54) is 25.7 Å². The van der Waals surface area contributed by atoms with Crippen LogP contribution in [0.3, 0.4) is 0 Å². The van der Waals surface area contributed by atoms with Gasteiger partial charge in [-0.05, 0) is 68.0 Å². The van der Waals surface area contributed by atoms with Gasteiger partial charge in [0, 0.05) is 37.6 Å². The lowest BCUT2D eigenvalue weighted by molar-refractivity contribution is 0.134. The Labute approximate surface area is 219 Å². The Morgan fingerprint density at radius 3 is 2.68 bits per heavy atom. The predicted octanol–water partition coefficient (Wildman–Crippen LogP) is 3.92. The van der Waals surface area contributed by atoms with Gasteiger partial charge in [-0.2, -0.15) is 14.8 Å². The van der Waals surface area contributed by atoms with Gasteiger partial charge >= 0.3 is 0 Å². The van der Waals surface area contributed by atoms with E-state index < -0.39 is 0 Å². The summed E-state index contributed by atoms with van der Waals surface area (Å²) in [6, 6.07) is 4.98. The Balaban J connectivity index is 1.08. The molecule has 2 aliphatic carbocycles. The van der Waals surface area contributed by atoms with Crippen LogP contribution in [0.25, 0.3) is 15.9 Å². The summed E-state index contributed by atoms with van der Waals surface area (Å²) in [6.45, 7) is 8.40. The lowest BCUT2D eigenvalue weighted by Gasteiger charge is -2.41. The number of hydrogen-bond donors (Lipinski definition) is 2. The number of fused-ring (bicyclic) bond motifs is 3. The molecule has 3 N–H and O–H groups in total. The number of hydrogen-bond acceptors (Lipinski definition) is 10. The van der Waals surface area contributed by atoms with Crippen LogP contribution in [0.15, 0.2) is 23.7 Å². The van der Waals surface area contributed by atoms with Crippen LogP contribution in [0.4, 0.5) is 23.4 Å². The molecule has 2 bridgehead atoms. The molecule has 10 nitrogen and oxygen atoms in total. The Kier molecular flexibility index (Phi) is 5.51. The van der Waals surface area contributed by atoms with Crippen molar-refractivity contribution in [2.24, 2.45) is 11.8 Å². The summed E-state index contributed by atoms with van der Waals surface area (Å²) in [6.07, 6.45) is 7.65. The highest BCUT2D eigenvalue weighted by Gasteiger charge is 2.42. The standard InChI is InChI=1S/C26H32N10S/c1-15-11-19(14-28-23(15)35-8-6-34(7-9-35)21-13-17-3-4-18(21)12-17)29-26-30-25(27)33-36(26)24-22-20(5-10-37-22)16(2)31-32-24/h5,10-11,14,17-18,21H,3-4,6-9,12-13H2,1-2H3,(H3,27,29,30,33)/t17-,18+,21+/m1/s1. The molecule has 11 heteroatoms. The van der Waals surface area contributed by atoms with E-state index in [1.807, 2.05) is 24.6 Å². The average molecular weight is 517 g/mol. The highest BCUT2D eigenvalue weighted by molar-refractivity contribution is 7.17. The maximum absolute atomic E-state index is 5.99. The summed E-state index contributed by atoms with van der Waals surface area (Å²) in [5.41, 5.74) is 8.84. The first kappa shape index (κ1) is 22.9. The van der Waals surface area contributed by atoms with E-state index in [0.717, 1.165) is 76.9 Å². The number of nitrogens with zero attached hydrogens (tertiary/aromatic N) is 8. The van der Waals surface area contributed by atoms with E-state index in [2.05, 4.69) is 48.4 Å². The number of thiophene rings is 1. The van der Waals surface area contributed by atoms with Gasteiger partial charge in [0.05, 0.1) is 22.3 Å². The second-order valence-corrected chi connectivity index (χ2v) is 11.6. The number of aromatic nitrogens is 6. The molecule has 192 valence electrons. The van der Waals surface area contributed by atoms with Gasteiger partial charge in [0.25, 0.3) is 0 Å². The van der Waals surface area contributed by atoms with Gasteiger partial charge in [-0.25, -0.2) is 4.98 Å². The van der Waals surface area contributed by atoms with Gasteiger partial charge in [0.1, 0.15) is 5.82 Å². The quantitative estimate of drug-likeness (QED) is 0.407. The molecule has 4 aromatic heterocycles. The zero-order valence-corrected chi connectivity index (χ0v) is 22.1. The lowest BCUT2D eigenvalue weighted by Crippen LogP contribution is -2.52. The minimum atomic E-state index is 0.171. The van der Waals surface area contributed by atoms with Crippen LogP contribution in [0, 0.1) is 25.7 Å². The Hall–Kier alpha value is -3.31. The Morgan fingerprint density at radius 2 is 1.92 bits per heavy atom. The van der Waals surface area contributed by atoms with Gasteiger partial charge in [-0.3, -0.25) is 4.90 Å². The van der Waals surface area contributed by atoms with Crippen LogP contribution in [-0.2, 0) is 0 Å². The molecule has 5 heterocycles. The smallest absolute Gasteiger partial charge is 0.241 e. The largest absolute Gasteiger partial charge is 0.366 e.